The number of ketones is 1. The molecule has 0 saturated carbocycles. The number of ether oxygens (including phenoxy) is 3. The molecule has 0 fully saturated rings. The van der Waals surface area contributed by atoms with Gasteiger partial charge in [-0.2, -0.15) is 0 Å². The Balaban J connectivity index is 1.88. The molecular weight excluding hydrogens is 346 g/mol. The van der Waals surface area contributed by atoms with Gasteiger partial charge in [-0.3, -0.25) is 4.79 Å². The zero-order valence-corrected chi connectivity index (χ0v) is 15.7. The van der Waals surface area contributed by atoms with E-state index >= 15 is 0 Å². The van der Waals surface area contributed by atoms with Gasteiger partial charge in [-0.05, 0) is 38.1 Å². The first-order valence-corrected chi connectivity index (χ1v) is 8.50. The van der Waals surface area contributed by atoms with Crippen LogP contribution in [0.5, 0.6) is 11.5 Å². The molecule has 6 nitrogen and oxygen atoms in total. The second-order valence-electron chi connectivity index (χ2n) is 6.15. The van der Waals surface area contributed by atoms with Crippen molar-refractivity contribution >= 4 is 22.7 Å². The number of carbonyl (C=O) groups excluding carboxylic acids is 2. The van der Waals surface area contributed by atoms with Crippen molar-refractivity contribution in [2.45, 2.75) is 20.0 Å². The van der Waals surface area contributed by atoms with Gasteiger partial charge in [0, 0.05) is 22.2 Å². The number of carbonyl (C=O) groups is 2. The Morgan fingerprint density at radius 3 is 2.48 bits per heavy atom. The first kappa shape index (κ1) is 18.5. The molecule has 6 heteroatoms. The van der Waals surface area contributed by atoms with Crippen LogP contribution in [0, 0.1) is 6.92 Å². The van der Waals surface area contributed by atoms with Crippen LogP contribution in [0.1, 0.15) is 33.3 Å². The number of aromatic nitrogens is 1. The summed E-state index contributed by atoms with van der Waals surface area (Å²) in [6, 6.07) is 12.3. The van der Waals surface area contributed by atoms with E-state index in [1.165, 1.54) is 20.3 Å². The molecule has 27 heavy (non-hydrogen) atoms. The Morgan fingerprint density at radius 2 is 1.78 bits per heavy atom. The molecule has 1 heterocycles. The quantitative estimate of drug-likeness (QED) is 0.528. The van der Waals surface area contributed by atoms with E-state index in [0.717, 1.165) is 16.6 Å². The summed E-state index contributed by atoms with van der Waals surface area (Å²) in [4.78, 5) is 27.9. The van der Waals surface area contributed by atoms with Crippen LogP contribution < -0.4 is 9.47 Å². The number of methoxy groups -OCH3 is 2. The number of nitrogens with one attached hydrogen (secondary N) is 1. The van der Waals surface area contributed by atoms with Crippen molar-refractivity contribution in [2.75, 3.05) is 14.2 Å². The van der Waals surface area contributed by atoms with E-state index in [2.05, 4.69) is 4.98 Å². The lowest BCUT2D eigenvalue weighted by molar-refractivity contribution is 0.0599. The van der Waals surface area contributed by atoms with Crippen molar-refractivity contribution in [1.29, 1.82) is 0 Å². The van der Waals surface area contributed by atoms with Gasteiger partial charge in [0.25, 0.3) is 0 Å². The molecule has 0 saturated heterocycles. The molecule has 0 radical (unpaired) electrons. The first-order chi connectivity index (χ1) is 13.0. The zero-order valence-electron chi connectivity index (χ0n) is 15.7. The summed E-state index contributed by atoms with van der Waals surface area (Å²) in [5.74, 6) is 0.124. The van der Waals surface area contributed by atoms with Crippen LogP contribution in [0.4, 0.5) is 0 Å². The molecule has 0 aliphatic carbocycles. The van der Waals surface area contributed by atoms with Gasteiger partial charge in [-0.25, -0.2) is 4.79 Å². The molecule has 0 unspecified atom stereocenters. The minimum atomic E-state index is -0.735. The molecule has 1 aromatic heterocycles. The fourth-order valence-corrected chi connectivity index (χ4v) is 3.05. The lowest BCUT2D eigenvalue weighted by Gasteiger charge is -2.17. The Kier molecular flexibility index (Phi) is 5.16. The van der Waals surface area contributed by atoms with E-state index in [1.807, 2.05) is 31.2 Å². The van der Waals surface area contributed by atoms with Gasteiger partial charge in [0.15, 0.2) is 17.6 Å². The number of H-pyrrole nitrogens is 1. The molecule has 140 valence electrons. The fourth-order valence-electron chi connectivity index (χ4n) is 3.05. The number of benzene rings is 2. The first-order valence-electron chi connectivity index (χ1n) is 8.50. The normalized spacial score (nSPS) is 11.9. The van der Waals surface area contributed by atoms with E-state index in [-0.39, 0.29) is 5.78 Å². The SMILES string of the molecule is COC(=O)c1ccc(O[C@@H](C)C(=O)c2c(C)[nH]c3ccccc23)c(OC)c1. The van der Waals surface area contributed by atoms with Gasteiger partial charge in [0.05, 0.1) is 19.8 Å². The maximum atomic E-state index is 13.0. The van der Waals surface area contributed by atoms with Gasteiger partial charge >= 0.3 is 5.97 Å². The van der Waals surface area contributed by atoms with Crippen molar-refractivity contribution < 1.29 is 23.8 Å². The smallest absolute Gasteiger partial charge is 0.337 e. The molecule has 0 aliphatic rings. The number of rotatable bonds is 6. The van der Waals surface area contributed by atoms with Crippen molar-refractivity contribution in [3.8, 4) is 11.5 Å². The number of aromatic amines is 1. The van der Waals surface area contributed by atoms with Crippen LogP contribution in [-0.2, 0) is 4.74 Å². The maximum absolute atomic E-state index is 13.0. The zero-order chi connectivity index (χ0) is 19.6. The Labute approximate surface area is 157 Å². The highest BCUT2D eigenvalue weighted by atomic mass is 16.5. The third kappa shape index (κ3) is 3.51. The summed E-state index contributed by atoms with van der Waals surface area (Å²) in [6.45, 7) is 3.56. The van der Waals surface area contributed by atoms with E-state index in [0.29, 0.717) is 22.6 Å². The molecule has 2 aromatic carbocycles. The van der Waals surface area contributed by atoms with Crippen LogP contribution in [0.25, 0.3) is 10.9 Å². The molecule has 3 rings (SSSR count). The Hall–Kier alpha value is -3.28. The van der Waals surface area contributed by atoms with Crippen LogP contribution in [0.3, 0.4) is 0 Å². The van der Waals surface area contributed by atoms with Gasteiger partial charge < -0.3 is 19.2 Å². The Morgan fingerprint density at radius 1 is 1.04 bits per heavy atom. The molecule has 0 amide bonds. The number of hydrogen-bond donors (Lipinski definition) is 1. The van der Waals surface area contributed by atoms with E-state index in [4.69, 9.17) is 14.2 Å². The third-order valence-electron chi connectivity index (χ3n) is 4.40. The fraction of sp³-hybridized carbons (Fsp3) is 0.238. The monoisotopic (exact) mass is 367 g/mol. The predicted octanol–water partition coefficient (Wildman–Crippen LogP) is 3.92. The van der Waals surface area contributed by atoms with Crippen molar-refractivity contribution in [3.63, 3.8) is 0 Å². The van der Waals surface area contributed by atoms with E-state index in [9.17, 15) is 9.59 Å². The number of aryl methyl sites for hydroxylation is 1. The minimum Gasteiger partial charge on any atom is -0.493 e. The average Bonchev–Trinajstić information content (AvgIpc) is 3.02. The average molecular weight is 367 g/mol. The van der Waals surface area contributed by atoms with Gasteiger partial charge in [0.2, 0.25) is 5.78 Å². The summed E-state index contributed by atoms with van der Waals surface area (Å²) < 4.78 is 15.9. The molecule has 3 aromatic rings. The largest absolute Gasteiger partial charge is 0.493 e. The highest BCUT2D eigenvalue weighted by molar-refractivity contribution is 6.11. The molecule has 1 atom stereocenters. The number of fused-ring (bicyclic) bond motifs is 1. The summed E-state index contributed by atoms with van der Waals surface area (Å²) in [5, 5.41) is 0.864. The summed E-state index contributed by atoms with van der Waals surface area (Å²) >= 11 is 0. The summed E-state index contributed by atoms with van der Waals surface area (Å²) in [7, 11) is 2.78. The van der Waals surface area contributed by atoms with Crippen molar-refractivity contribution in [3.05, 3.63) is 59.3 Å². The molecule has 0 bridgehead atoms. The van der Waals surface area contributed by atoms with Gasteiger partial charge in [-0.1, -0.05) is 18.2 Å². The number of Topliss-reactive ketones (excluding diaryl/α,β-unsaturated/α-hetero) is 1. The lowest BCUT2D eigenvalue weighted by Crippen LogP contribution is -2.24. The second-order valence-corrected chi connectivity index (χ2v) is 6.15. The van der Waals surface area contributed by atoms with Crippen molar-refractivity contribution in [1.82, 2.24) is 4.98 Å². The van der Waals surface area contributed by atoms with Gasteiger partial charge in [-0.15, -0.1) is 0 Å². The topological polar surface area (TPSA) is 77.6 Å². The summed E-state index contributed by atoms with van der Waals surface area (Å²) in [5.41, 5.74) is 2.66. The Bertz CT molecular complexity index is 1000. The van der Waals surface area contributed by atoms with E-state index < -0.39 is 12.1 Å². The second kappa shape index (κ2) is 7.53. The third-order valence-corrected chi connectivity index (χ3v) is 4.40. The van der Waals surface area contributed by atoms with Crippen molar-refractivity contribution in [2.24, 2.45) is 0 Å². The molecule has 1 N–H and O–H groups in total. The maximum Gasteiger partial charge on any atom is 0.337 e. The highest BCUT2D eigenvalue weighted by Crippen LogP contribution is 2.31. The highest BCUT2D eigenvalue weighted by Gasteiger charge is 2.24. The molecular formula is C21H21NO5. The van der Waals surface area contributed by atoms with Crippen LogP contribution >= 0.6 is 0 Å². The number of para-hydroxylation sites is 1. The molecule has 0 aliphatic heterocycles. The lowest BCUT2D eigenvalue weighted by atomic mass is 10.0. The van der Waals surface area contributed by atoms with Crippen LogP contribution in [0.2, 0.25) is 0 Å². The predicted molar refractivity (Wildman–Crippen MR) is 102 cm³/mol. The van der Waals surface area contributed by atoms with Crippen LogP contribution in [-0.4, -0.2) is 37.1 Å². The van der Waals surface area contributed by atoms with E-state index in [1.54, 1.807) is 19.1 Å². The van der Waals surface area contributed by atoms with Gasteiger partial charge in [0.1, 0.15) is 0 Å². The standard InChI is InChI=1S/C21H21NO5/c1-12-19(15-7-5-6-8-16(15)22-12)20(23)13(2)27-17-10-9-14(21(24)26-4)11-18(17)25-3/h5-11,13,22H,1-4H3/t13-/m0/s1. The minimum absolute atomic E-state index is 0.135. The number of hydrogen-bond acceptors (Lipinski definition) is 5. The van der Waals surface area contributed by atoms with Crippen LogP contribution in [0.15, 0.2) is 42.5 Å². The molecule has 0 spiro atoms. The summed E-state index contributed by atoms with van der Waals surface area (Å²) in [6.07, 6.45) is -0.735. The number of esters is 1.